The lowest BCUT2D eigenvalue weighted by Gasteiger charge is -2.06. The predicted molar refractivity (Wildman–Crippen MR) is 96.5 cm³/mol. The van der Waals surface area contributed by atoms with Crippen LogP contribution in [-0.4, -0.2) is 24.3 Å². The summed E-state index contributed by atoms with van der Waals surface area (Å²) in [6, 6.07) is 13.5. The second kappa shape index (κ2) is 8.80. The third-order valence-electron chi connectivity index (χ3n) is 3.16. The molecular formula is C19H16ClNO4. The molecule has 0 aliphatic carbocycles. The number of carbonyl (C=O) groups is 3. The van der Waals surface area contributed by atoms with Crippen LogP contribution in [0.3, 0.4) is 0 Å². The number of ketones is 1. The number of hydrogen-bond acceptors (Lipinski definition) is 4. The Morgan fingerprint density at radius 1 is 1.12 bits per heavy atom. The zero-order chi connectivity index (χ0) is 18.2. The van der Waals surface area contributed by atoms with Gasteiger partial charge in [0.05, 0.1) is 0 Å². The number of amides is 1. The molecule has 6 heteroatoms. The third kappa shape index (κ3) is 6.24. The van der Waals surface area contributed by atoms with Gasteiger partial charge in [0, 0.05) is 22.3 Å². The van der Waals surface area contributed by atoms with E-state index < -0.39 is 18.5 Å². The van der Waals surface area contributed by atoms with Crippen LogP contribution in [0.15, 0.2) is 54.6 Å². The summed E-state index contributed by atoms with van der Waals surface area (Å²) < 4.78 is 4.87. The highest BCUT2D eigenvalue weighted by Crippen LogP contribution is 2.12. The van der Waals surface area contributed by atoms with Gasteiger partial charge in [-0.2, -0.15) is 0 Å². The van der Waals surface area contributed by atoms with Crippen molar-refractivity contribution >= 4 is 41.0 Å². The van der Waals surface area contributed by atoms with E-state index in [4.69, 9.17) is 16.3 Å². The number of halogens is 1. The number of ether oxygens (including phenoxy) is 1. The molecule has 0 aliphatic rings. The Hall–Kier alpha value is -2.92. The van der Waals surface area contributed by atoms with Gasteiger partial charge in [-0.25, -0.2) is 4.79 Å². The Balaban J connectivity index is 1.84. The molecule has 2 aromatic carbocycles. The first-order chi connectivity index (χ1) is 11.9. The van der Waals surface area contributed by atoms with Gasteiger partial charge in [0.2, 0.25) is 0 Å². The summed E-state index contributed by atoms with van der Waals surface area (Å²) in [5, 5.41) is 3.12. The van der Waals surface area contributed by atoms with E-state index in [0.29, 0.717) is 16.3 Å². The number of nitrogens with one attached hydrogen (secondary N) is 1. The average molecular weight is 358 g/mol. The maximum atomic E-state index is 11.8. The quantitative estimate of drug-likeness (QED) is 0.485. The fourth-order valence-electron chi connectivity index (χ4n) is 1.97. The molecule has 0 atom stereocenters. The van der Waals surface area contributed by atoms with Crippen molar-refractivity contribution in [2.75, 3.05) is 11.9 Å². The SMILES string of the molecule is CC(=O)c1cccc(NC(=O)COC(=O)C=Cc2cccc(Cl)c2)c1. The molecule has 25 heavy (non-hydrogen) atoms. The van der Waals surface area contributed by atoms with E-state index in [9.17, 15) is 14.4 Å². The van der Waals surface area contributed by atoms with Gasteiger partial charge < -0.3 is 10.1 Å². The van der Waals surface area contributed by atoms with Crippen LogP contribution < -0.4 is 5.32 Å². The molecule has 5 nitrogen and oxygen atoms in total. The molecule has 0 saturated heterocycles. The van der Waals surface area contributed by atoms with E-state index >= 15 is 0 Å². The van der Waals surface area contributed by atoms with Gasteiger partial charge in [-0.1, -0.05) is 35.9 Å². The molecule has 1 amide bonds. The largest absolute Gasteiger partial charge is 0.452 e. The minimum absolute atomic E-state index is 0.103. The fourth-order valence-corrected chi connectivity index (χ4v) is 2.17. The van der Waals surface area contributed by atoms with Crippen LogP contribution in [-0.2, 0) is 14.3 Å². The lowest BCUT2D eigenvalue weighted by molar-refractivity contribution is -0.142. The minimum atomic E-state index is -0.646. The van der Waals surface area contributed by atoms with Gasteiger partial charge in [-0.15, -0.1) is 0 Å². The highest BCUT2D eigenvalue weighted by atomic mass is 35.5. The second-order valence-corrected chi connectivity index (χ2v) is 5.62. The van der Waals surface area contributed by atoms with Crippen molar-refractivity contribution in [1.29, 1.82) is 0 Å². The first kappa shape index (κ1) is 18.4. The molecule has 1 N–H and O–H groups in total. The predicted octanol–water partition coefficient (Wildman–Crippen LogP) is 3.74. The topological polar surface area (TPSA) is 72.5 Å². The first-order valence-corrected chi connectivity index (χ1v) is 7.83. The maximum Gasteiger partial charge on any atom is 0.331 e. The second-order valence-electron chi connectivity index (χ2n) is 5.18. The Kier molecular flexibility index (Phi) is 6.48. The Morgan fingerprint density at radius 3 is 2.60 bits per heavy atom. The summed E-state index contributed by atoms with van der Waals surface area (Å²) in [7, 11) is 0. The van der Waals surface area contributed by atoms with Crippen LogP contribution in [0.4, 0.5) is 5.69 Å². The van der Waals surface area contributed by atoms with E-state index in [1.165, 1.54) is 13.0 Å². The molecule has 0 aromatic heterocycles. The lowest BCUT2D eigenvalue weighted by atomic mass is 10.1. The van der Waals surface area contributed by atoms with Gasteiger partial charge in [0.1, 0.15) is 0 Å². The zero-order valence-electron chi connectivity index (χ0n) is 13.5. The van der Waals surface area contributed by atoms with Gasteiger partial charge in [-0.05, 0) is 42.8 Å². The molecule has 0 radical (unpaired) electrons. The molecule has 2 aromatic rings. The number of anilines is 1. The standard InChI is InChI=1S/C19H16ClNO4/c1-13(22)15-5-3-7-17(11-15)21-18(23)12-25-19(24)9-8-14-4-2-6-16(20)10-14/h2-11H,12H2,1H3,(H,21,23). The molecule has 0 unspecified atom stereocenters. The molecule has 128 valence electrons. The summed E-state index contributed by atoms with van der Waals surface area (Å²) in [5.41, 5.74) is 1.69. The number of carbonyl (C=O) groups excluding carboxylic acids is 3. The monoisotopic (exact) mass is 357 g/mol. The Bertz CT molecular complexity index is 830. The summed E-state index contributed by atoms with van der Waals surface area (Å²) in [6.45, 7) is 1.01. The number of esters is 1. The van der Waals surface area contributed by atoms with Crippen molar-refractivity contribution < 1.29 is 19.1 Å². The maximum absolute atomic E-state index is 11.8. The van der Waals surface area contributed by atoms with Gasteiger partial charge in [-0.3, -0.25) is 9.59 Å². The van der Waals surface area contributed by atoms with Crippen molar-refractivity contribution in [2.24, 2.45) is 0 Å². The van der Waals surface area contributed by atoms with Gasteiger partial charge in [0.15, 0.2) is 12.4 Å². The summed E-state index contributed by atoms with van der Waals surface area (Å²) in [4.78, 5) is 34.7. The van der Waals surface area contributed by atoms with Crippen molar-refractivity contribution in [3.05, 3.63) is 70.8 Å². The van der Waals surface area contributed by atoms with Gasteiger partial charge in [0.25, 0.3) is 5.91 Å². The number of Topliss-reactive ketones (excluding diaryl/α,β-unsaturated/α-hetero) is 1. The number of rotatable bonds is 6. The third-order valence-corrected chi connectivity index (χ3v) is 3.39. The van der Waals surface area contributed by atoms with E-state index in [-0.39, 0.29) is 5.78 Å². The fraction of sp³-hybridized carbons (Fsp3) is 0.105. The molecule has 0 saturated carbocycles. The van der Waals surface area contributed by atoms with Crippen LogP contribution in [0.25, 0.3) is 6.08 Å². The molecule has 2 rings (SSSR count). The highest BCUT2D eigenvalue weighted by Gasteiger charge is 2.07. The zero-order valence-corrected chi connectivity index (χ0v) is 14.2. The van der Waals surface area contributed by atoms with Crippen LogP contribution >= 0.6 is 11.6 Å². The van der Waals surface area contributed by atoms with Crippen molar-refractivity contribution in [1.82, 2.24) is 0 Å². The lowest BCUT2D eigenvalue weighted by Crippen LogP contribution is -2.20. The normalized spacial score (nSPS) is 10.5. The molecule has 0 heterocycles. The van der Waals surface area contributed by atoms with Crippen LogP contribution in [0.2, 0.25) is 5.02 Å². The van der Waals surface area contributed by atoms with Crippen LogP contribution in [0.1, 0.15) is 22.8 Å². The molecule has 0 aliphatic heterocycles. The van der Waals surface area contributed by atoms with Crippen LogP contribution in [0.5, 0.6) is 0 Å². The minimum Gasteiger partial charge on any atom is -0.452 e. The Labute approximate surface area is 150 Å². The van der Waals surface area contributed by atoms with Crippen molar-refractivity contribution in [3.63, 3.8) is 0 Å². The van der Waals surface area contributed by atoms with Crippen molar-refractivity contribution in [2.45, 2.75) is 6.92 Å². The van der Waals surface area contributed by atoms with Crippen LogP contribution in [0, 0.1) is 0 Å². The number of hydrogen-bond donors (Lipinski definition) is 1. The highest BCUT2D eigenvalue weighted by molar-refractivity contribution is 6.30. The Morgan fingerprint density at radius 2 is 1.88 bits per heavy atom. The average Bonchev–Trinajstić information content (AvgIpc) is 2.58. The molecule has 0 fully saturated rings. The van der Waals surface area contributed by atoms with Crippen molar-refractivity contribution in [3.8, 4) is 0 Å². The van der Waals surface area contributed by atoms with Gasteiger partial charge >= 0.3 is 5.97 Å². The first-order valence-electron chi connectivity index (χ1n) is 7.45. The van der Waals surface area contributed by atoms with E-state index in [1.54, 1.807) is 54.6 Å². The number of benzene rings is 2. The smallest absolute Gasteiger partial charge is 0.331 e. The molecule has 0 bridgehead atoms. The van der Waals surface area contributed by atoms with E-state index in [1.807, 2.05) is 0 Å². The van der Waals surface area contributed by atoms with E-state index in [0.717, 1.165) is 5.56 Å². The molecule has 0 spiro atoms. The summed E-state index contributed by atoms with van der Waals surface area (Å²) in [5.74, 6) is -1.24. The molecular weight excluding hydrogens is 342 g/mol. The van der Waals surface area contributed by atoms with E-state index in [2.05, 4.69) is 5.32 Å². The summed E-state index contributed by atoms with van der Waals surface area (Å²) in [6.07, 6.45) is 2.76. The summed E-state index contributed by atoms with van der Waals surface area (Å²) >= 11 is 5.85.